The van der Waals surface area contributed by atoms with Crippen molar-refractivity contribution in [1.82, 2.24) is 0 Å². The normalized spacial score (nSPS) is 15.7. The van der Waals surface area contributed by atoms with Gasteiger partial charge in [-0.2, -0.15) is 0 Å². The average Bonchev–Trinajstić information content (AvgIpc) is 2.11. The minimum absolute atomic E-state index is 0.121. The van der Waals surface area contributed by atoms with Crippen molar-refractivity contribution >= 4 is 11.7 Å². The highest BCUT2D eigenvalue weighted by molar-refractivity contribution is 5.93. The Kier molecular flexibility index (Phi) is 2.47. The molecule has 5 nitrogen and oxygen atoms in total. The number of hydrogen-bond donors (Lipinski definition) is 2. The summed E-state index contributed by atoms with van der Waals surface area (Å²) in [5.74, 6) is -0.721. The van der Waals surface area contributed by atoms with Crippen molar-refractivity contribution < 1.29 is 19.4 Å². The fourth-order valence-electron chi connectivity index (χ4n) is 1.22. The number of benzene rings is 1. The van der Waals surface area contributed by atoms with Crippen LogP contribution in [0.5, 0.6) is 5.75 Å². The lowest BCUT2D eigenvalue weighted by Gasteiger charge is -2.25. The molecule has 0 aliphatic carbocycles. The number of phenolic OH excluding ortho intramolecular Hbond substituents is 1. The quantitative estimate of drug-likeness (QED) is 0.548. The van der Waals surface area contributed by atoms with E-state index >= 15 is 0 Å². The largest absolute Gasteiger partial charge is 0.507 e. The number of ether oxygens (including phenoxy) is 2. The van der Waals surface area contributed by atoms with Crippen LogP contribution in [0.15, 0.2) is 18.2 Å². The van der Waals surface area contributed by atoms with E-state index in [0.717, 1.165) is 0 Å². The van der Waals surface area contributed by atoms with Gasteiger partial charge in [0, 0.05) is 11.8 Å². The predicted molar refractivity (Wildman–Crippen MR) is 52.5 cm³/mol. The Hall–Kier alpha value is -1.75. The highest BCUT2D eigenvalue weighted by Crippen LogP contribution is 2.22. The third kappa shape index (κ3) is 2.02. The second-order valence-electron chi connectivity index (χ2n) is 3.34. The van der Waals surface area contributed by atoms with Gasteiger partial charge < -0.3 is 20.3 Å². The average molecular weight is 209 g/mol. The molecule has 5 heteroatoms. The molecule has 0 spiro atoms. The maximum atomic E-state index is 11.5. The fraction of sp³-hybridized carbons (Fsp3) is 0.300. The van der Waals surface area contributed by atoms with E-state index in [0.29, 0.717) is 18.9 Å². The molecular weight excluding hydrogens is 198 g/mol. The van der Waals surface area contributed by atoms with E-state index in [-0.39, 0.29) is 17.4 Å². The Morgan fingerprint density at radius 3 is 2.80 bits per heavy atom. The third-order valence-corrected chi connectivity index (χ3v) is 2.12. The summed E-state index contributed by atoms with van der Waals surface area (Å²) in [4.78, 5) is 11.5. The minimum Gasteiger partial charge on any atom is -0.507 e. The summed E-state index contributed by atoms with van der Waals surface area (Å²) in [6.45, 7) is 0.836. The lowest BCUT2D eigenvalue weighted by atomic mass is 10.2. The number of rotatable bonds is 2. The van der Waals surface area contributed by atoms with Crippen molar-refractivity contribution in [3.8, 4) is 5.75 Å². The number of nitrogen functional groups attached to an aromatic ring is 1. The summed E-state index contributed by atoms with van der Waals surface area (Å²) in [6.07, 6.45) is -0.200. The van der Waals surface area contributed by atoms with Gasteiger partial charge in [0.25, 0.3) is 0 Å². The molecule has 0 bridgehead atoms. The van der Waals surface area contributed by atoms with Gasteiger partial charge in [-0.1, -0.05) is 0 Å². The molecular formula is C10H11NO4. The summed E-state index contributed by atoms with van der Waals surface area (Å²) in [5, 5.41) is 9.45. The fourth-order valence-corrected chi connectivity index (χ4v) is 1.22. The summed E-state index contributed by atoms with van der Waals surface area (Å²) in [7, 11) is 0. The molecule has 2 rings (SSSR count). The van der Waals surface area contributed by atoms with Crippen LogP contribution in [0.25, 0.3) is 0 Å². The van der Waals surface area contributed by atoms with Gasteiger partial charge in [0.05, 0.1) is 13.2 Å². The number of carbonyl (C=O) groups is 1. The first-order chi connectivity index (χ1) is 7.16. The van der Waals surface area contributed by atoms with Gasteiger partial charge in [0.1, 0.15) is 17.4 Å². The van der Waals surface area contributed by atoms with Gasteiger partial charge in [-0.3, -0.25) is 0 Å². The van der Waals surface area contributed by atoms with Crippen molar-refractivity contribution in [2.45, 2.75) is 6.10 Å². The number of anilines is 1. The first-order valence-corrected chi connectivity index (χ1v) is 4.54. The molecule has 1 heterocycles. The highest BCUT2D eigenvalue weighted by Gasteiger charge is 2.24. The summed E-state index contributed by atoms with van der Waals surface area (Å²) >= 11 is 0. The lowest BCUT2D eigenvalue weighted by molar-refractivity contribution is -0.103. The third-order valence-electron chi connectivity index (χ3n) is 2.12. The monoisotopic (exact) mass is 209 g/mol. The van der Waals surface area contributed by atoms with Crippen LogP contribution in [0.3, 0.4) is 0 Å². The van der Waals surface area contributed by atoms with Gasteiger partial charge in [-0.15, -0.1) is 0 Å². The number of aromatic hydroxyl groups is 1. The van der Waals surface area contributed by atoms with Gasteiger partial charge in [-0.25, -0.2) is 4.79 Å². The van der Waals surface area contributed by atoms with E-state index in [9.17, 15) is 9.90 Å². The number of esters is 1. The first kappa shape index (κ1) is 9.79. The Morgan fingerprint density at radius 1 is 1.53 bits per heavy atom. The van der Waals surface area contributed by atoms with Crippen molar-refractivity contribution in [1.29, 1.82) is 0 Å². The van der Waals surface area contributed by atoms with Crippen molar-refractivity contribution in [3.05, 3.63) is 23.8 Å². The number of phenols is 1. The molecule has 0 unspecified atom stereocenters. The van der Waals surface area contributed by atoms with Crippen LogP contribution in [0, 0.1) is 0 Å². The zero-order valence-corrected chi connectivity index (χ0v) is 7.97. The zero-order chi connectivity index (χ0) is 10.8. The molecule has 0 saturated carbocycles. The van der Waals surface area contributed by atoms with Crippen molar-refractivity contribution in [2.75, 3.05) is 18.9 Å². The SMILES string of the molecule is Nc1ccc(C(=O)OC2COC2)c(O)c1. The molecule has 3 N–H and O–H groups in total. The van der Waals surface area contributed by atoms with E-state index < -0.39 is 5.97 Å². The standard InChI is InChI=1S/C10H11NO4/c11-6-1-2-8(9(12)3-6)10(13)15-7-4-14-5-7/h1-3,7,12H,4-5,11H2. The molecule has 0 radical (unpaired) electrons. The van der Waals surface area contributed by atoms with Crippen molar-refractivity contribution in [3.63, 3.8) is 0 Å². The summed E-state index contributed by atoms with van der Waals surface area (Å²) in [6, 6.07) is 4.29. The van der Waals surface area contributed by atoms with Gasteiger partial charge in [0.2, 0.25) is 0 Å². The molecule has 1 saturated heterocycles. The van der Waals surface area contributed by atoms with Crippen molar-refractivity contribution in [2.24, 2.45) is 0 Å². The van der Waals surface area contributed by atoms with Gasteiger partial charge in [-0.05, 0) is 12.1 Å². The van der Waals surface area contributed by atoms with E-state index in [1.807, 2.05) is 0 Å². The van der Waals surface area contributed by atoms with E-state index in [1.54, 1.807) is 0 Å². The zero-order valence-electron chi connectivity index (χ0n) is 7.97. The Morgan fingerprint density at radius 2 is 2.27 bits per heavy atom. The maximum Gasteiger partial charge on any atom is 0.342 e. The molecule has 0 aromatic heterocycles. The molecule has 1 fully saturated rings. The molecule has 1 aromatic rings. The van der Waals surface area contributed by atoms with Crippen LogP contribution < -0.4 is 5.73 Å². The second kappa shape index (κ2) is 3.78. The van der Waals surface area contributed by atoms with Crippen LogP contribution in [0.2, 0.25) is 0 Å². The van der Waals surface area contributed by atoms with Crippen LogP contribution in [-0.4, -0.2) is 30.4 Å². The molecule has 1 aliphatic rings. The van der Waals surface area contributed by atoms with E-state index in [4.69, 9.17) is 15.2 Å². The van der Waals surface area contributed by atoms with Gasteiger partial charge >= 0.3 is 5.97 Å². The Balaban J connectivity index is 2.10. The van der Waals surface area contributed by atoms with Crippen LogP contribution in [-0.2, 0) is 9.47 Å². The predicted octanol–water partition coefficient (Wildman–Crippen LogP) is 0.530. The Labute approximate surface area is 86.4 Å². The van der Waals surface area contributed by atoms with Crippen LogP contribution in [0.1, 0.15) is 10.4 Å². The molecule has 0 amide bonds. The number of carbonyl (C=O) groups excluding carboxylic acids is 1. The molecule has 80 valence electrons. The molecule has 1 aromatic carbocycles. The van der Waals surface area contributed by atoms with E-state index in [1.165, 1.54) is 18.2 Å². The second-order valence-corrected chi connectivity index (χ2v) is 3.34. The van der Waals surface area contributed by atoms with Crippen LogP contribution >= 0.6 is 0 Å². The van der Waals surface area contributed by atoms with E-state index in [2.05, 4.69) is 0 Å². The molecule has 0 atom stereocenters. The van der Waals surface area contributed by atoms with Gasteiger partial charge in [0.15, 0.2) is 0 Å². The lowest BCUT2D eigenvalue weighted by Crippen LogP contribution is -2.37. The van der Waals surface area contributed by atoms with Crippen LogP contribution in [0.4, 0.5) is 5.69 Å². The summed E-state index contributed by atoms with van der Waals surface area (Å²) in [5.41, 5.74) is 5.95. The molecule has 1 aliphatic heterocycles. The highest BCUT2D eigenvalue weighted by atomic mass is 16.6. The maximum absolute atomic E-state index is 11.5. The Bertz CT molecular complexity index is 387. The minimum atomic E-state index is -0.555. The smallest absolute Gasteiger partial charge is 0.342 e. The number of hydrogen-bond acceptors (Lipinski definition) is 5. The summed E-state index contributed by atoms with van der Waals surface area (Å²) < 4.78 is 9.89. The topological polar surface area (TPSA) is 81.8 Å². The first-order valence-electron chi connectivity index (χ1n) is 4.54. The molecule has 15 heavy (non-hydrogen) atoms. The number of nitrogens with two attached hydrogens (primary N) is 1.